The summed E-state index contributed by atoms with van der Waals surface area (Å²) in [6.45, 7) is 5.13. The van der Waals surface area contributed by atoms with E-state index < -0.39 is 15.3 Å². The Labute approximate surface area is 102 Å². The van der Waals surface area contributed by atoms with Crippen molar-refractivity contribution < 1.29 is 8.42 Å². The quantitative estimate of drug-likeness (QED) is 0.714. The highest BCUT2D eigenvalue weighted by molar-refractivity contribution is 7.90. The zero-order chi connectivity index (χ0) is 12.9. The summed E-state index contributed by atoms with van der Waals surface area (Å²) in [5.74, 6) is 0. The fourth-order valence-corrected chi connectivity index (χ4v) is 2.32. The molecule has 0 fully saturated rings. The lowest BCUT2D eigenvalue weighted by molar-refractivity contribution is 0.556. The lowest BCUT2D eigenvalue weighted by atomic mass is 10.4. The second-order valence-electron chi connectivity index (χ2n) is 3.93. The number of aromatic nitrogens is 2. The number of nitrogens with one attached hydrogen (secondary N) is 2. The van der Waals surface area contributed by atoms with Crippen LogP contribution in [-0.2, 0) is 23.6 Å². The van der Waals surface area contributed by atoms with Crippen LogP contribution in [0.25, 0.3) is 0 Å². The average molecular weight is 260 g/mol. The van der Waals surface area contributed by atoms with Crippen molar-refractivity contribution in [3.63, 3.8) is 0 Å². The summed E-state index contributed by atoms with van der Waals surface area (Å²) < 4.78 is 28.0. The number of sulfonamides is 1. The van der Waals surface area contributed by atoms with E-state index in [2.05, 4.69) is 15.1 Å². The molecule has 0 amide bonds. The molecule has 1 rings (SSSR count). The fraction of sp³-hybridized carbons (Fsp3) is 0.700. The third kappa shape index (κ3) is 4.10. The summed E-state index contributed by atoms with van der Waals surface area (Å²) in [5, 5.41) is 6.55. The Morgan fingerprint density at radius 1 is 1.53 bits per heavy atom. The maximum atomic E-state index is 11.9. The molecule has 7 heteroatoms. The molecular weight excluding hydrogens is 240 g/mol. The van der Waals surface area contributed by atoms with Crippen LogP contribution in [0, 0.1) is 0 Å². The summed E-state index contributed by atoms with van der Waals surface area (Å²) in [4.78, 5) is 0. The Bertz CT molecular complexity index is 441. The first-order chi connectivity index (χ1) is 7.97. The highest BCUT2D eigenvalue weighted by atomic mass is 32.2. The molecule has 0 radical (unpaired) electrons. The number of aryl methyl sites for hydroxylation is 1. The lowest BCUT2D eigenvalue weighted by Gasteiger charge is -2.14. The van der Waals surface area contributed by atoms with Crippen LogP contribution in [0.15, 0.2) is 12.3 Å². The van der Waals surface area contributed by atoms with Gasteiger partial charge in [-0.1, -0.05) is 6.92 Å². The second-order valence-corrected chi connectivity index (χ2v) is 6.11. The van der Waals surface area contributed by atoms with Crippen LogP contribution < -0.4 is 10.0 Å². The van der Waals surface area contributed by atoms with E-state index in [0.717, 1.165) is 12.2 Å². The van der Waals surface area contributed by atoms with E-state index in [4.69, 9.17) is 0 Å². The minimum Gasteiger partial charge on any atom is -0.316 e. The normalized spacial score (nSPS) is 13.8. The van der Waals surface area contributed by atoms with Crippen LogP contribution in [0.5, 0.6) is 0 Å². The van der Waals surface area contributed by atoms with Gasteiger partial charge in [0.05, 0.1) is 17.5 Å². The van der Waals surface area contributed by atoms with Crippen molar-refractivity contribution in [2.45, 2.75) is 25.6 Å². The molecule has 1 aromatic heterocycles. The molecule has 6 nitrogen and oxygen atoms in total. The summed E-state index contributed by atoms with van der Waals surface area (Å²) in [5.41, 5.74) is 0.837. The van der Waals surface area contributed by atoms with E-state index in [9.17, 15) is 8.42 Å². The van der Waals surface area contributed by atoms with Gasteiger partial charge >= 0.3 is 0 Å². The maximum absolute atomic E-state index is 11.9. The number of hydrogen-bond acceptors (Lipinski definition) is 4. The van der Waals surface area contributed by atoms with Gasteiger partial charge in [-0.2, -0.15) is 5.10 Å². The van der Waals surface area contributed by atoms with Crippen molar-refractivity contribution in [3.8, 4) is 0 Å². The molecule has 1 aromatic rings. The molecule has 0 saturated carbocycles. The Morgan fingerprint density at radius 2 is 2.24 bits per heavy atom. The van der Waals surface area contributed by atoms with Gasteiger partial charge in [-0.15, -0.1) is 0 Å². The molecule has 0 spiro atoms. The first-order valence-corrected chi connectivity index (χ1v) is 7.18. The van der Waals surface area contributed by atoms with E-state index in [-0.39, 0.29) is 6.54 Å². The van der Waals surface area contributed by atoms with Crippen molar-refractivity contribution in [1.82, 2.24) is 19.8 Å². The summed E-state index contributed by atoms with van der Waals surface area (Å²) in [6, 6.07) is 1.79. The lowest BCUT2D eigenvalue weighted by Crippen LogP contribution is -2.38. The van der Waals surface area contributed by atoms with Crippen LogP contribution in [-0.4, -0.2) is 36.5 Å². The van der Waals surface area contributed by atoms with Crippen molar-refractivity contribution in [1.29, 1.82) is 0 Å². The van der Waals surface area contributed by atoms with Gasteiger partial charge in [0.2, 0.25) is 10.0 Å². The minimum atomic E-state index is -3.28. The third-order valence-corrected chi connectivity index (χ3v) is 4.36. The van der Waals surface area contributed by atoms with Gasteiger partial charge in [0.1, 0.15) is 0 Å². The van der Waals surface area contributed by atoms with Gasteiger partial charge in [0.15, 0.2) is 0 Å². The Balaban J connectivity index is 2.52. The van der Waals surface area contributed by atoms with Gasteiger partial charge in [-0.25, -0.2) is 13.1 Å². The summed E-state index contributed by atoms with van der Waals surface area (Å²) in [6.07, 6.45) is 1.64. The van der Waals surface area contributed by atoms with Gasteiger partial charge in [0.25, 0.3) is 0 Å². The second kappa shape index (κ2) is 6.13. The predicted octanol–water partition coefficient (Wildman–Crippen LogP) is -0.162. The largest absolute Gasteiger partial charge is 0.316 e. The average Bonchev–Trinajstić information content (AvgIpc) is 2.69. The smallest absolute Gasteiger partial charge is 0.215 e. The molecule has 1 atom stereocenters. The number of nitrogens with zero attached hydrogens (tertiary/aromatic N) is 2. The first-order valence-electron chi connectivity index (χ1n) is 5.63. The van der Waals surface area contributed by atoms with Crippen LogP contribution in [0.2, 0.25) is 0 Å². The van der Waals surface area contributed by atoms with Crippen LogP contribution >= 0.6 is 0 Å². The van der Waals surface area contributed by atoms with Crippen molar-refractivity contribution >= 4 is 10.0 Å². The standard InChI is InChI=1S/C10H20N4O2S/c1-4-11-7-9(2)17(15,16)13-8-10-5-6-12-14(10)3/h5-6,9,11,13H,4,7-8H2,1-3H3. The molecule has 1 unspecified atom stereocenters. The van der Waals surface area contributed by atoms with E-state index >= 15 is 0 Å². The fourth-order valence-electron chi connectivity index (χ4n) is 1.35. The van der Waals surface area contributed by atoms with Crippen LogP contribution in [0.3, 0.4) is 0 Å². The Morgan fingerprint density at radius 3 is 2.76 bits per heavy atom. The van der Waals surface area contributed by atoms with Gasteiger partial charge in [-0.3, -0.25) is 4.68 Å². The molecule has 0 aliphatic heterocycles. The highest BCUT2D eigenvalue weighted by Gasteiger charge is 2.19. The van der Waals surface area contributed by atoms with Crippen molar-refractivity contribution in [2.75, 3.05) is 13.1 Å². The van der Waals surface area contributed by atoms with Crippen molar-refractivity contribution in [3.05, 3.63) is 18.0 Å². The molecule has 0 aliphatic carbocycles. The molecular formula is C10H20N4O2S. The summed E-state index contributed by atoms with van der Waals surface area (Å²) in [7, 11) is -1.50. The van der Waals surface area contributed by atoms with E-state index in [1.807, 2.05) is 6.92 Å². The van der Waals surface area contributed by atoms with Gasteiger partial charge in [-0.05, 0) is 19.5 Å². The molecule has 17 heavy (non-hydrogen) atoms. The Hall–Kier alpha value is -0.920. The van der Waals surface area contributed by atoms with Crippen LogP contribution in [0.1, 0.15) is 19.5 Å². The zero-order valence-electron chi connectivity index (χ0n) is 10.5. The van der Waals surface area contributed by atoms with Gasteiger partial charge in [0, 0.05) is 19.8 Å². The van der Waals surface area contributed by atoms with Crippen molar-refractivity contribution in [2.24, 2.45) is 7.05 Å². The molecule has 0 aliphatic rings. The topological polar surface area (TPSA) is 76.0 Å². The monoisotopic (exact) mass is 260 g/mol. The molecule has 2 N–H and O–H groups in total. The molecule has 0 aromatic carbocycles. The molecule has 1 heterocycles. The van der Waals surface area contributed by atoms with E-state index in [1.54, 1.807) is 30.9 Å². The SMILES string of the molecule is CCNCC(C)S(=O)(=O)NCc1ccnn1C. The number of rotatable bonds is 7. The van der Waals surface area contributed by atoms with E-state index in [0.29, 0.717) is 6.54 Å². The molecule has 0 saturated heterocycles. The maximum Gasteiger partial charge on any atom is 0.215 e. The third-order valence-electron chi connectivity index (χ3n) is 2.59. The van der Waals surface area contributed by atoms with E-state index in [1.165, 1.54) is 0 Å². The Kier molecular flexibility index (Phi) is 5.10. The zero-order valence-corrected chi connectivity index (χ0v) is 11.3. The number of hydrogen-bond donors (Lipinski definition) is 2. The first kappa shape index (κ1) is 14.1. The van der Waals surface area contributed by atoms with Gasteiger partial charge < -0.3 is 5.32 Å². The van der Waals surface area contributed by atoms with Crippen LogP contribution in [0.4, 0.5) is 0 Å². The summed E-state index contributed by atoms with van der Waals surface area (Å²) >= 11 is 0. The minimum absolute atomic E-state index is 0.273. The highest BCUT2D eigenvalue weighted by Crippen LogP contribution is 2.01. The molecule has 0 bridgehead atoms. The predicted molar refractivity (Wildman–Crippen MR) is 67.0 cm³/mol. The molecule has 98 valence electrons.